The van der Waals surface area contributed by atoms with Crippen LogP contribution in [0.3, 0.4) is 0 Å². The fourth-order valence-electron chi connectivity index (χ4n) is 2.18. The van der Waals surface area contributed by atoms with Crippen molar-refractivity contribution in [3.63, 3.8) is 0 Å². The first kappa shape index (κ1) is 15.3. The summed E-state index contributed by atoms with van der Waals surface area (Å²) in [6, 6.07) is 13.9. The molecule has 0 saturated heterocycles. The Morgan fingerprint density at radius 3 is 2.52 bits per heavy atom. The lowest BCUT2D eigenvalue weighted by Gasteiger charge is -2.09. The average Bonchev–Trinajstić information content (AvgIpc) is 2.41. The second kappa shape index (κ2) is 7.04. The number of amides is 1. The SMILES string of the molecule is Cc1cccc(NC(=O)COCc2ccc(C)cc2C)c1. The van der Waals surface area contributed by atoms with Crippen molar-refractivity contribution in [2.45, 2.75) is 27.4 Å². The summed E-state index contributed by atoms with van der Waals surface area (Å²) in [4.78, 5) is 11.8. The Bertz CT molecular complexity index is 635. The number of aryl methyl sites for hydroxylation is 3. The summed E-state index contributed by atoms with van der Waals surface area (Å²) in [6.45, 7) is 6.62. The Morgan fingerprint density at radius 2 is 1.81 bits per heavy atom. The van der Waals surface area contributed by atoms with Gasteiger partial charge in [0.1, 0.15) is 6.61 Å². The van der Waals surface area contributed by atoms with Gasteiger partial charge in [0.25, 0.3) is 0 Å². The van der Waals surface area contributed by atoms with E-state index in [1.165, 1.54) is 11.1 Å². The van der Waals surface area contributed by atoms with Gasteiger partial charge in [0.2, 0.25) is 5.91 Å². The molecule has 3 heteroatoms. The summed E-state index contributed by atoms with van der Waals surface area (Å²) < 4.78 is 5.49. The lowest BCUT2D eigenvalue weighted by atomic mass is 10.1. The Morgan fingerprint density at radius 1 is 1.05 bits per heavy atom. The zero-order chi connectivity index (χ0) is 15.2. The number of carbonyl (C=O) groups is 1. The molecule has 3 nitrogen and oxygen atoms in total. The van der Waals surface area contributed by atoms with Crippen molar-refractivity contribution >= 4 is 11.6 Å². The van der Waals surface area contributed by atoms with Crippen LogP contribution < -0.4 is 5.32 Å². The molecule has 0 bridgehead atoms. The number of carbonyl (C=O) groups excluding carboxylic acids is 1. The van der Waals surface area contributed by atoms with Gasteiger partial charge in [-0.2, -0.15) is 0 Å². The molecule has 0 spiro atoms. The Balaban J connectivity index is 1.81. The van der Waals surface area contributed by atoms with Gasteiger partial charge >= 0.3 is 0 Å². The zero-order valence-corrected chi connectivity index (χ0v) is 12.8. The minimum Gasteiger partial charge on any atom is -0.367 e. The highest BCUT2D eigenvalue weighted by molar-refractivity contribution is 5.91. The summed E-state index contributed by atoms with van der Waals surface area (Å²) in [5, 5.41) is 2.83. The summed E-state index contributed by atoms with van der Waals surface area (Å²) >= 11 is 0. The van der Waals surface area contributed by atoms with Crippen LogP contribution >= 0.6 is 0 Å². The molecule has 1 N–H and O–H groups in total. The third-order valence-corrected chi connectivity index (χ3v) is 3.29. The van der Waals surface area contributed by atoms with Crippen LogP contribution in [0.15, 0.2) is 42.5 Å². The third kappa shape index (κ3) is 4.72. The van der Waals surface area contributed by atoms with E-state index in [1.807, 2.05) is 37.3 Å². The van der Waals surface area contributed by atoms with E-state index in [4.69, 9.17) is 4.74 Å². The summed E-state index contributed by atoms with van der Waals surface area (Å²) in [7, 11) is 0. The normalized spacial score (nSPS) is 10.4. The number of nitrogens with one attached hydrogen (secondary N) is 1. The van der Waals surface area contributed by atoms with Crippen LogP contribution in [0.1, 0.15) is 22.3 Å². The van der Waals surface area contributed by atoms with E-state index in [-0.39, 0.29) is 12.5 Å². The number of rotatable bonds is 5. The lowest BCUT2D eigenvalue weighted by molar-refractivity contribution is -0.121. The van der Waals surface area contributed by atoms with E-state index < -0.39 is 0 Å². The molecule has 2 aromatic rings. The van der Waals surface area contributed by atoms with Crippen LogP contribution in [0.2, 0.25) is 0 Å². The molecule has 0 aromatic heterocycles. The van der Waals surface area contributed by atoms with Crippen LogP contribution in [0, 0.1) is 20.8 Å². The highest BCUT2D eigenvalue weighted by Crippen LogP contribution is 2.12. The van der Waals surface area contributed by atoms with E-state index in [0.717, 1.165) is 16.8 Å². The molecule has 0 saturated carbocycles. The van der Waals surface area contributed by atoms with E-state index in [1.54, 1.807) is 0 Å². The first-order chi connectivity index (χ1) is 10.0. The second-order valence-electron chi connectivity index (χ2n) is 5.34. The molecule has 0 aliphatic carbocycles. The summed E-state index contributed by atoms with van der Waals surface area (Å²) in [5.41, 5.74) is 5.45. The van der Waals surface area contributed by atoms with Gasteiger partial charge in [-0.3, -0.25) is 4.79 Å². The van der Waals surface area contributed by atoms with E-state index in [2.05, 4.69) is 31.3 Å². The summed E-state index contributed by atoms with van der Waals surface area (Å²) in [6.07, 6.45) is 0. The Labute approximate surface area is 126 Å². The summed E-state index contributed by atoms with van der Waals surface area (Å²) in [5.74, 6) is -0.134. The molecule has 0 radical (unpaired) electrons. The minimum atomic E-state index is -0.134. The molecule has 110 valence electrons. The van der Waals surface area contributed by atoms with Crippen LogP contribution in [-0.2, 0) is 16.1 Å². The molecule has 2 rings (SSSR count). The molecule has 0 heterocycles. The van der Waals surface area contributed by atoms with Gasteiger partial charge < -0.3 is 10.1 Å². The molecule has 0 aliphatic heterocycles. The quantitative estimate of drug-likeness (QED) is 0.907. The van der Waals surface area contributed by atoms with Crippen molar-refractivity contribution in [3.8, 4) is 0 Å². The number of anilines is 1. The Hall–Kier alpha value is -2.13. The van der Waals surface area contributed by atoms with Crippen LogP contribution in [0.5, 0.6) is 0 Å². The van der Waals surface area contributed by atoms with Gasteiger partial charge in [0.15, 0.2) is 0 Å². The van der Waals surface area contributed by atoms with Crippen molar-refractivity contribution in [1.29, 1.82) is 0 Å². The number of benzene rings is 2. The third-order valence-electron chi connectivity index (χ3n) is 3.29. The van der Waals surface area contributed by atoms with Gasteiger partial charge in [-0.05, 0) is 49.6 Å². The lowest BCUT2D eigenvalue weighted by Crippen LogP contribution is -2.18. The second-order valence-corrected chi connectivity index (χ2v) is 5.34. The first-order valence-electron chi connectivity index (χ1n) is 7.05. The Kier molecular flexibility index (Phi) is 5.12. The standard InChI is InChI=1S/C18H21NO2/c1-13-5-4-6-17(10-13)19-18(20)12-21-11-16-8-7-14(2)9-15(16)3/h4-10H,11-12H2,1-3H3,(H,19,20). The fourth-order valence-corrected chi connectivity index (χ4v) is 2.18. The van der Waals surface area contributed by atoms with Gasteiger partial charge in [0, 0.05) is 5.69 Å². The molecule has 21 heavy (non-hydrogen) atoms. The monoisotopic (exact) mass is 283 g/mol. The molecule has 1 amide bonds. The number of ether oxygens (including phenoxy) is 1. The highest BCUT2D eigenvalue weighted by Gasteiger charge is 2.04. The largest absolute Gasteiger partial charge is 0.367 e. The minimum absolute atomic E-state index is 0.0568. The van der Waals surface area contributed by atoms with Crippen LogP contribution in [-0.4, -0.2) is 12.5 Å². The molecule has 0 fully saturated rings. The maximum absolute atomic E-state index is 11.8. The van der Waals surface area contributed by atoms with Gasteiger partial charge in [-0.1, -0.05) is 35.9 Å². The van der Waals surface area contributed by atoms with Crippen molar-refractivity contribution in [1.82, 2.24) is 0 Å². The van der Waals surface area contributed by atoms with E-state index in [0.29, 0.717) is 6.61 Å². The number of hydrogen-bond donors (Lipinski definition) is 1. The first-order valence-corrected chi connectivity index (χ1v) is 7.05. The highest BCUT2D eigenvalue weighted by atomic mass is 16.5. The van der Waals surface area contributed by atoms with Crippen molar-refractivity contribution < 1.29 is 9.53 Å². The van der Waals surface area contributed by atoms with Crippen LogP contribution in [0.4, 0.5) is 5.69 Å². The van der Waals surface area contributed by atoms with Gasteiger partial charge in [-0.25, -0.2) is 0 Å². The molecule has 2 aromatic carbocycles. The van der Waals surface area contributed by atoms with Gasteiger partial charge in [0.05, 0.1) is 6.61 Å². The van der Waals surface area contributed by atoms with Crippen molar-refractivity contribution in [2.24, 2.45) is 0 Å². The average molecular weight is 283 g/mol. The fraction of sp³-hybridized carbons (Fsp3) is 0.278. The molecule has 0 aliphatic rings. The van der Waals surface area contributed by atoms with Crippen molar-refractivity contribution in [3.05, 3.63) is 64.7 Å². The maximum atomic E-state index is 11.8. The van der Waals surface area contributed by atoms with Crippen molar-refractivity contribution in [2.75, 3.05) is 11.9 Å². The van der Waals surface area contributed by atoms with Gasteiger partial charge in [-0.15, -0.1) is 0 Å². The van der Waals surface area contributed by atoms with E-state index >= 15 is 0 Å². The molecular weight excluding hydrogens is 262 g/mol. The number of hydrogen-bond acceptors (Lipinski definition) is 2. The molecule has 0 unspecified atom stereocenters. The van der Waals surface area contributed by atoms with E-state index in [9.17, 15) is 4.79 Å². The smallest absolute Gasteiger partial charge is 0.250 e. The van der Waals surface area contributed by atoms with Crippen LogP contribution in [0.25, 0.3) is 0 Å². The zero-order valence-electron chi connectivity index (χ0n) is 12.8. The molecule has 0 atom stereocenters. The predicted molar refractivity (Wildman–Crippen MR) is 85.4 cm³/mol. The maximum Gasteiger partial charge on any atom is 0.250 e. The molecular formula is C18H21NO2. The predicted octanol–water partition coefficient (Wildman–Crippen LogP) is 3.77. The topological polar surface area (TPSA) is 38.3 Å².